The highest BCUT2D eigenvalue weighted by Gasteiger charge is 2.47. The number of carbonyl (C=O) groups is 2. The van der Waals surface area contributed by atoms with Crippen LogP contribution in [0.3, 0.4) is 0 Å². The van der Waals surface area contributed by atoms with E-state index in [0.717, 1.165) is 0 Å². The Bertz CT molecular complexity index is 928. The predicted molar refractivity (Wildman–Crippen MR) is 95.1 cm³/mol. The van der Waals surface area contributed by atoms with Crippen molar-refractivity contribution in [3.63, 3.8) is 0 Å². The Morgan fingerprint density at radius 3 is 2.69 bits per heavy atom. The zero-order chi connectivity index (χ0) is 18.5. The summed E-state index contributed by atoms with van der Waals surface area (Å²) in [4.78, 5) is 41.5. The van der Waals surface area contributed by atoms with E-state index in [2.05, 4.69) is 20.3 Å². The quantitative estimate of drug-likeness (QED) is 0.778. The number of aliphatic imine (C=N–C) groups is 1. The van der Waals surface area contributed by atoms with Crippen LogP contribution in [0.4, 0.5) is 0 Å². The average Bonchev–Trinajstić information content (AvgIpc) is 3.17. The van der Waals surface area contributed by atoms with E-state index in [1.807, 2.05) is 14.1 Å². The van der Waals surface area contributed by atoms with Crippen molar-refractivity contribution in [1.29, 1.82) is 0 Å². The first-order valence-electron chi connectivity index (χ1n) is 8.26. The van der Waals surface area contributed by atoms with Crippen LogP contribution in [0, 0.1) is 0 Å². The Morgan fingerprint density at radius 2 is 2.04 bits per heavy atom. The third-order valence-corrected chi connectivity index (χ3v) is 4.96. The van der Waals surface area contributed by atoms with E-state index in [0.29, 0.717) is 48.4 Å². The average molecular weight is 376 g/mol. The minimum atomic E-state index is -0.773. The highest BCUT2D eigenvalue weighted by molar-refractivity contribution is 6.30. The molecule has 136 valence electrons. The second-order valence-corrected chi connectivity index (χ2v) is 7.15. The Labute approximate surface area is 154 Å². The maximum Gasteiger partial charge on any atom is 0.274 e. The highest BCUT2D eigenvalue weighted by atomic mass is 35.5. The van der Waals surface area contributed by atoms with Gasteiger partial charge in [-0.3, -0.25) is 19.3 Å². The molecule has 1 N–H and O–H groups in total. The van der Waals surface area contributed by atoms with Gasteiger partial charge in [-0.15, -0.1) is 0 Å². The van der Waals surface area contributed by atoms with Crippen molar-refractivity contribution in [2.45, 2.75) is 18.4 Å². The predicted octanol–water partition coefficient (Wildman–Crippen LogP) is 0.405. The Kier molecular flexibility index (Phi) is 3.83. The van der Waals surface area contributed by atoms with Crippen molar-refractivity contribution in [2.75, 3.05) is 27.2 Å². The lowest BCUT2D eigenvalue weighted by Gasteiger charge is -2.35. The lowest BCUT2D eigenvalue weighted by Crippen LogP contribution is -2.50. The van der Waals surface area contributed by atoms with Gasteiger partial charge in [0.15, 0.2) is 0 Å². The van der Waals surface area contributed by atoms with Crippen molar-refractivity contribution in [3.05, 3.63) is 29.3 Å². The van der Waals surface area contributed by atoms with E-state index in [-0.39, 0.29) is 11.8 Å². The molecule has 4 heterocycles. The van der Waals surface area contributed by atoms with Crippen molar-refractivity contribution in [1.82, 2.24) is 29.5 Å². The van der Waals surface area contributed by atoms with Gasteiger partial charge in [-0.05, 0) is 12.8 Å². The molecule has 0 radical (unpaired) electrons. The number of guanidine groups is 1. The molecule has 9 nitrogen and oxygen atoms in total. The number of nitrogens with zero attached hydrogens (tertiary/aromatic N) is 6. The maximum absolute atomic E-state index is 12.8. The third kappa shape index (κ3) is 2.68. The molecular formula is C16H18ClN7O2. The molecule has 1 saturated heterocycles. The van der Waals surface area contributed by atoms with Gasteiger partial charge in [-0.25, -0.2) is 15.0 Å². The molecule has 2 aromatic heterocycles. The van der Waals surface area contributed by atoms with Crippen LogP contribution >= 0.6 is 11.6 Å². The zero-order valence-corrected chi connectivity index (χ0v) is 15.2. The smallest absolute Gasteiger partial charge is 0.274 e. The SMILES string of the molecule is CN(C)C1=NC2(CCN(C(=O)c3cn4cc(Cl)cnc4n3)CC2)C(=O)N1. The number of carbonyl (C=O) groups excluding carboxylic acids is 2. The first kappa shape index (κ1) is 16.8. The number of fused-ring (bicyclic) bond motifs is 1. The molecule has 0 atom stereocenters. The van der Waals surface area contributed by atoms with Crippen LogP contribution in [-0.2, 0) is 4.79 Å². The van der Waals surface area contributed by atoms with Gasteiger partial charge in [0.05, 0.1) is 11.2 Å². The lowest BCUT2D eigenvalue weighted by molar-refractivity contribution is -0.125. The summed E-state index contributed by atoms with van der Waals surface area (Å²) >= 11 is 5.91. The second kappa shape index (κ2) is 5.94. The topological polar surface area (TPSA) is 95.2 Å². The highest BCUT2D eigenvalue weighted by Crippen LogP contribution is 2.30. The lowest BCUT2D eigenvalue weighted by atomic mass is 9.88. The van der Waals surface area contributed by atoms with Gasteiger partial charge in [-0.2, -0.15) is 0 Å². The number of likely N-dealkylation sites (tertiary alicyclic amines) is 1. The van der Waals surface area contributed by atoms with Crippen LogP contribution in [-0.4, -0.2) is 74.7 Å². The van der Waals surface area contributed by atoms with Gasteiger partial charge in [0, 0.05) is 39.6 Å². The fraction of sp³-hybridized carbons (Fsp3) is 0.438. The van der Waals surface area contributed by atoms with E-state index >= 15 is 0 Å². The summed E-state index contributed by atoms with van der Waals surface area (Å²) in [7, 11) is 3.67. The molecule has 1 spiro atoms. The molecule has 2 amide bonds. The van der Waals surface area contributed by atoms with Crippen LogP contribution in [0.2, 0.25) is 5.02 Å². The van der Waals surface area contributed by atoms with Crippen molar-refractivity contribution >= 4 is 35.2 Å². The molecule has 2 aromatic rings. The van der Waals surface area contributed by atoms with Gasteiger partial charge in [0.1, 0.15) is 11.2 Å². The molecule has 0 aliphatic carbocycles. The zero-order valence-electron chi connectivity index (χ0n) is 14.4. The van der Waals surface area contributed by atoms with Crippen molar-refractivity contribution in [3.8, 4) is 0 Å². The normalized spacial score (nSPS) is 19.0. The molecule has 26 heavy (non-hydrogen) atoms. The summed E-state index contributed by atoms with van der Waals surface area (Å²) in [6, 6.07) is 0. The molecule has 2 aliphatic heterocycles. The molecule has 10 heteroatoms. The number of hydrogen-bond acceptors (Lipinski definition) is 6. The minimum Gasteiger partial charge on any atom is -0.349 e. The van der Waals surface area contributed by atoms with Crippen LogP contribution in [0.15, 0.2) is 23.6 Å². The molecule has 0 saturated carbocycles. The Morgan fingerprint density at radius 1 is 1.31 bits per heavy atom. The fourth-order valence-electron chi connectivity index (χ4n) is 3.25. The van der Waals surface area contributed by atoms with E-state index in [4.69, 9.17) is 11.6 Å². The van der Waals surface area contributed by atoms with Crippen LogP contribution in [0.1, 0.15) is 23.3 Å². The summed E-state index contributed by atoms with van der Waals surface area (Å²) in [5.41, 5.74) is -0.464. The molecule has 4 rings (SSSR count). The summed E-state index contributed by atoms with van der Waals surface area (Å²) in [5, 5.41) is 3.28. The monoisotopic (exact) mass is 375 g/mol. The number of aromatic nitrogens is 3. The van der Waals surface area contributed by atoms with Gasteiger partial charge >= 0.3 is 0 Å². The number of halogens is 1. The number of amides is 2. The Balaban J connectivity index is 1.50. The van der Waals surface area contributed by atoms with E-state index in [1.165, 1.54) is 6.20 Å². The molecule has 0 bridgehead atoms. The molecule has 1 fully saturated rings. The van der Waals surface area contributed by atoms with Crippen LogP contribution in [0.5, 0.6) is 0 Å². The summed E-state index contributed by atoms with van der Waals surface area (Å²) in [6.45, 7) is 0.886. The fourth-order valence-corrected chi connectivity index (χ4v) is 3.41. The van der Waals surface area contributed by atoms with Crippen molar-refractivity contribution in [2.24, 2.45) is 4.99 Å². The standard InChI is InChI=1S/C16H18ClN7O2/c1-22(2)15-20-13(26)16(21-15)3-5-23(6-4-16)12(25)11-9-24-8-10(17)7-18-14(24)19-11/h7-9H,3-6H2,1-2H3,(H,20,21,26). The first-order valence-corrected chi connectivity index (χ1v) is 8.64. The van der Waals surface area contributed by atoms with E-state index < -0.39 is 5.54 Å². The first-order chi connectivity index (χ1) is 12.4. The van der Waals surface area contributed by atoms with Gasteiger partial charge in [0.2, 0.25) is 11.7 Å². The van der Waals surface area contributed by atoms with Crippen molar-refractivity contribution < 1.29 is 9.59 Å². The third-order valence-electron chi connectivity index (χ3n) is 4.77. The van der Waals surface area contributed by atoms with Crippen LogP contribution < -0.4 is 5.32 Å². The number of rotatable bonds is 1. The maximum atomic E-state index is 12.8. The molecule has 0 aromatic carbocycles. The summed E-state index contributed by atoms with van der Waals surface area (Å²) in [6.07, 6.45) is 5.73. The van der Waals surface area contributed by atoms with Gasteiger partial charge in [0.25, 0.3) is 11.8 Å². The number of nitrogens with one attached hydrogen (secondary N) is 1. The summed E-state index contributed by atoms with van der Waals surface area (Å²) < 4.78 is 1.62. The number of piperidine rings is 1. The summed E-state index contributed by atoms with van der Waals surface area (Å²) in [5.74, 6) is 0.705. The largest absolute Gasteiger partial charge is 0.349 e. The minimum absolute atomic E-state index is 0.0973. The van der Waals surface area contributed by atoms with Gasteiger partial charge in [-0.1, -0.05) is 11.6 Å². The van der Waals surface area contributed by atoms with E-state index in [1.54, 1.807) is 26.6 Å². The molecule has 0 unspecified atom stereocenters. The van der Waals surface area contributed by atoms with Gasteiger partial charge < -0.3 is 9.80 Å². The van der Waals surface area contributed by atoms with E-state index in [9.17, 15) is 9.59 Å². The number of imidazole rings is 1. The number of hydrogen-bond donors (Lipinski definition) is 1. The molecular weight excluding hydrogens is 358 g/mol. The molecule has 2 aliphatic rings. The second-order valence-electron chi connectivity index (χ2n) is 6.71. The Hall–Kier alpha value is -2.68. The van der Waals surface area contributed by atoms with Crippen LogP contribution in [0.25, 0.3) is 5.78 Å².